The molecule has 0 aromatic rings. The summed E-state index contributed by atoms with van der Waals surface area (Å²) in [4.78, 5) is 2.07. The smallest absolute Gasteiger partial charge is 0.0638 e. The molecule has 2 heteroatoms. The van der Waals surface area contributed by atoms with E-state index in [1.807, 2.05) is 7.05 Å². The quantitative estimate of drug-likeness (QED) is 0.575. The monoisotopic (exact) mass is 117 g/mol. The van der Waals surface area contributed by atoms with E-state index < -0.39 is 0 Å². The van der Waals surface area contributed by atoms with Gasteiger partial charge >= 0.3 is 0 Å². The van der Waals surface area contributed by atoms with Gasteiger partial charge < -0.3 is 10.0 Å². The zero-order chi connectivity index (χ0) is 6.57. The third kappa shape index (κ3) is 4.09. The van der Waals surface area contributed by atoms with E-state index in [1.165, 1.54) is 0 Å². The van der Waals surface area contributed by atoms with Crippen LogP contribution < -0.4 is 0 Å². The van der Waals surface area contributed by atoms with Crippen LogP contribution >= 0.6 is 0 Å². The predicted molar refractivity (Wildman–Crippen MR) is 34.9 cm³/mol. The van der Waals surface area contributed by atoms with Crippen molar-refractivity contribution in [2.45, 2.75) is 20.0 Å². The molecule has 8 heavy (non-hydrogen) atoms. The number of hydrogen-bond donors (Lipinski definition) is 1. The van der Waals surface area contributed by atoms with Gasteiger partial charge in [0.15, 0.2) is 0 Å². The third-order valence-electron chi connectivity index (χ3n) is 1.12. The second-order valence-electron chi connectivity index (χ2n) is 2.20. The van der Waals surface area contributed by atoms with Crippen LogP contribution in [0.3, 0.4) is 0 Å². The second-order valence-corrected chi connectivity index (χ2v) is 2.20. The molecule has 0 fully saturated rings. The van der Waals surface area contributed by atoms with Gasteiger partial charge in [0.2, 0.25) is 0 Å². The van der Waals surface area contributed by atoms with Crippen molar-refractivity contribution in [2.24, 2.45) is 0 Å². The molecule has 0 bridgehead atoms. The maximum absolute atomic E-state index is 8.81. The molecule has 0 aliphatic carbocycles. The van der Waals surface area contributed by atoms with Gasteiger partial charge in [-0.1, -0.05) is 6.92 Å². The Bertz CT molecular complexity index is 54.5. The summed E-state index contributed by atoms with van der Waals surface area (Å²) in [5, 5.41) is 8.81. The van der Waals surface area contributed by atoms with E-state index in [-0.39, 0.29) is 6.10 Å². The minimum atomic E-state index is -0.194. The molecule has 1 atom stereocenters. The standard InChI is InChI=1S/C6H15NO/c1-4-7(3)5-6(2)8/h6,8H,4-5H2,1-3H3/t6-/m0/s1. The highest BCUT2D eigenvalue weighted by molar-refractivity contribution is 4.51. The lowest BCUT2D eigenvalue weighted by Gasteiger charge is -2.14. The third-order valence-corrected chi connectivity index (χ3v) is 1.12. The van der Waals surface area contributed by atoms with Gasteiger partial charge in [0.25, 0.3) is 0 Å². The van der Waals surface area contributed by atoms with Gasteiger partial charge in [-0.3, -0.25) is 0 Å². The van der Waals surface area contributed by atoms with E-state index in [0.29, 0.717) is 0 Å². The van der Waals surface area contributed by atoms with Crippen LogP contribution in [0, 0.1) is 0 Å². The lowest BCUT2D eigenvalue weighted by molar-refractivity contribution is 0.144. The molecule has 2 nitrogen and oxygen atoms in total. The number of hydrogen-bond acceptors (Lipinski definition) is 2. The molecule has 0 heterocycles. The van der Waals surface area contributed by atoms with E-state index in [1.54, 1.807) is 6.92 Å². The van der Waals surface area contributed by atoms with E-state index in [4.69, 9.17) is 5.11 Å². The Morgan fingerprint density at radius 2 is 2.12 bits per heavy atom. The summed E-state index contributed by atoms with van der Waals surface area (Å²) in [6.45, 7) is 5.65. The van der Waals surface area contributed by atoms with E-state index >= 15 is 0 Å². The number of rotatable bonds is 3. The van der Waals surface area contributed by atoms with Gasteiger partial charge in [0.05, 0.1) is 6.10 Å². The molecule has 0 unspecified atom stereocenters. The van der Waals surface area contributed by atoms with Crippen LogP contribution in [0.1, 0.15) is 13.8 Å². The van der Waals surface area contributed by atoms with Gasteiger partial charge in [-0.25, -0.2) is 0 Å². The van der Waals surface area contributed by atoms with Crippen molar-refractivity contribution in [3.05, 3.63) is 0 Å². The van der Waals surface area contributed by atoms with Gasteiger partial charge in [-0.05, 0) is 20.5 Å². The highest BCUT2D eigenvalue weighted by Gasteiger charge is 1.97. The van der Waals surface area contributed by atoms with Crippen molar-refractivity contribution in [2.75, 3.05) is 20.1 Å². The molecule has 0 aromatic carbocycles. The average molecular weight is 117 g/mol. The highest BCUT2D eigenvalue weighted by Crippen LogP contribution is 1.84. The Hall–Kier alpha value is -0.0800. The first-order valence-electron chi connectivity index (χ1n) is 3.03. The Morgan fingerprint density at radius 3 is 2.25 bits per heavy atom. The first-order chi connectivity index (χ1) is 3.66. The Labute approximate surface area is 51.1 Å². The van der Waals surface area contributed by atoms with E-state index in [2.05, 4.69) is 11.8 Å². The number of aliphatic hydroxyl groups is 1. The van der Waals surface area contributed by atoms with Gasteiger partial charge in [-0.15, -0.1) is 0 Å². The molecule has 0 aliphatic heterocycles. The van der Waals surface area contributed by atoms with Crippen LogP contribution in [0.2, 0.25) is 0 Å². The second kappa shape index (κ2) is 3.87. The number of likely N-dealkylation sites (N-methyl/N-ethyl adjacent to an activating group) is 1. The molecule has 1 N–H and O–H groups in total. The first kappa shape index (κ1) is 7.92. The summed E-state index contributed by atoms with van der Waals surface area (Å²) in [6, 6.07) is 0. The van der Waals surface area contributed by atoms with Crippen molar-refractivity contribution < 1.29 is 5.11 Å². The zero-order valence-electron chi connectivity index (χ0n) is 5.89. The molecule has 0 saturated heterocycles. The SMILES string of the molecule is CCN(C)C[C@H](C)O. The van der Waals surface area contributed by atoms with Crippen LogP contribution in [0.25, 0.3) is 0 Å². The summed E-state index contributed by atoms with van der Waals surface area (Å²) < 4.78 is 0. The molecular formula is C6H15NO. The number of nitrogens with zero attached hydrogens (tertiary/aromatic N) is 1. The zero-order valence-corrected chi connectivity index (χ0v) is 5.89. The summed E-state index contributed by atoms with van der Waals surface area (Å²) >= 11 is 0. The van der Waals surface area contributed by atoms with Gasteiger partial charge in [-0.2, -0.15) is 0 Å². The molecule has 0 radical (unpaired) electrons. The maximum Gasteiger partial charge on any atom is 0.0638 e. The fourth-order valence-corrected chi connectivity index (χ4v) is 0.580. The Balaban J connectivity index is 3.10. The van der Waals surface area contributed by atoms with E-state index in [9.17, 15) is 0 Å². The Morgan fingerprint density at radius 1 is 1.62 bits per heavy atom. The molecular weight excluding hydrogens is 102 g/mol. The largest absolute Gasteiger partial charge is 0.392 e. The summed E-state index contributed by atoms with van der Waals surface area (Å²) in [5.74, 6) is 0. The molecule has 0 rings (SSSR count). The fraction of sp³-hybridized carbons (Fsp3) is 1.00. The maximum atomic E-state index is 8.81. The average Bonchev–Trinajstić information content (AvgIpc) is 1.65. The molecule has 50 valence electrons. The lowest BCUT2D eigenvalue weighted by atomic mass is 10.4. The van der Waals surface area contributed by atoms with Crippen molar-refractivity contribution in [1.82, 2.24) is 4.90 Å². The van der Waals surface area contributed by atoms with Crippen molar-refractivity contribution in [3.63, 3.8) is 0 Å². The number of aliphatic hydroxyl groups excluding tert-OH is 1. The normalized spacial score (nSPS) is 14.6. The van der Waals surface area contributed by atoms with Gasteiger partial charge in [0, 0.05) is 6.54 Å². The first-order valence-corrected chi connectivity index (χ1v) is 3.03. The highest BCUT2D eigenvalue weighted by atomic mass is 16.3. The minimum Gasteiger partial charge on any atom is -0.392 e. The van der Waals surface area contributed by atoms with Crippen LogP contribution in [0.5, 0.6) is 0 Å². The van der Waals surface area contributed by atoms with E-state index in [0.717, 1.165) is 13.1 Å². The van der Waals surface area contributed by atoms with Crippen LogP contribution in [-0.2, 0) is 0 Å². The van der Waals surface area contributed by atoms with Crippen molar-refractivity contribution in [1.29, 1.82) is 0 Å². The summed E-state index contributed by atoms with van der Waals surface area (Å²) in [7, 11) is 1.99. The van der Waals surface area contributed by atoms with Crippen LogP contribution in [0.4, 0.5) is 0 Å². The van der Waals surface area contributed by atoms with Crippen LogP contribution in [-0.4, -0.2) is 36.2 Å². The molecule has 0 spiro atoms. The lowest BCUT2D eigenvalue weighted by Crippen LogP contribution is -2.26. The Kier molecular flexibility index (Phi) is 3.83. The molecule has 0 amide bonds. The fourth-order valence-electron chi connectivity index (χ4n) is 0.580. The van der Waals surface area contributed by atoms with Crippen molar-refractivity contribution in [3.8, 4) is 0 Å². The molecule has 0 saturated carbocycles. The van der Waals surface area contributed by atoms with Crippen molar-refractivity contribution >= 4 is 0 Å². The minimum absolute atomic E-state index is 0.194. The summed E-state index contributed by atoms with van der Waals surface area (Å²) in [5.41, 5.74) is 0. The molecule has 0 aromatic heterocycles. The summed E-state index contributed by atoms with van der Waals surface area (Å²) in [6.07, 6.45) is -0.194. The van der Waals surface area contributed by atoms with Gasteiger partial charge in [0.1, 0.15) is 0 Å². The topological polar surface area (TPSA) is 23.5 Å². The molecule has 0 aliphatic rings. The van der Waals surface area contributed by atoms with Crippen LogP contribution in [0.15, 0.2) is 0 Å². The predicted octanol–water partition coefficient (Wildman–Crippen LogP) is 0.319.